The maximum atomic E-state index is 4.57. The van der Waals surface area contributed by atoms with Crippen LogP contribution in [0.25, 0.3) is 33.3 Å². The third kappa shape index (κ3) is 1.70. The van der Waals surface area contributed by atoms with Crippen LogP contribution in [0, 0.1) is 6.33 Å². The number of rotatable bonds is 1. The van der Waals surface area contributed by atoms with E-state index in [4.69, 9.17) is 0 Å². The molecule has 4 nitrogen and oxygen atoms in total. The SMILES string of the molecule is [c]1nc(-c2ncc3ccccc3n2)c2ccccc2n1. The summed E-state index contributed by atoms with van der Waals surface area (Å²) in [5, 5.41) is 1.94. The molecular weight excluding hydrogens is 248 g/mol. The summed E-state index contributed by atoms with van der Waals surface area (Å²) in [7, 11) is 0. The highest BCUT2D eigenvalue weighted by Crippen LogP contribution is 2.23. The molecule has 0 saturated carbocycles. The molecular formula is C16H9N4. The molecule has 2 heterocycles. The Balaban J connectivity index is 2.01. The van der Waals surface area contributed by atoms with Crippen LogP contribution in [-0.2, 0) is 0 Å². The Morgan fingerprint density at radius 3 is 2.55 bits per heavy atom. The van der Waals surface area contributed by atoms with E-state index in [0.29, 0.717) is 11.5 Å². The van der Waals surface area contributed by atoms with Gasteiger partial charge in [-0.05, 0) is 12.1 Å². The topological polar surface area (TPSA) is 51.6 Å². The second kappa shape index (κ2) is 4.35. The lowest BCUT2D eigenvalue weighted by atomic mass is 10.1. The first-order valence-electron chi connectivity index (χ1n) is 6.27. The Kier molecular flexibility index (Phi) is 2.39. The average molecular weight is 257 g/mol. The van der Waals surface area contributed by atoms with E-state index in [1.165, 1.54) is 0 Å². The van der Waals surface area contributed by atoms with Gasteiger partial charge in [-0.25, -0.2) is 19.9 Å². The van der Waals surface area contributed by atoms with E-state index in [1.807, 2.05) is 54.7 Å². The van der Waals surface area contributed by atoms with Crippen molar-refractivity contribution in [2.75, 3.05) is 0 Å². The van der Waals surface area contributed by atoms with Crippen molar-refractivity contribution in [1.82, 2.24) is 19.9 Å². The van der Waals surface area contributed by atoms with E-state index in [2.05, 4.69) is 26.3 Å². The highest BCUT2D eigenvalue weighted by Gasteiger charge is 2.09. The Labute approximate surface area is 115 Å². The fraction of sp³-hybridized carbons (Fsp3) is 0. The molecule has 1 radical (unpaired) electrons. The number of aromatic nitrogens is 4. The number of hydrogen-bond donors (Lipinski definition) is 0. The normalized spacial score (nSPS) is 11.0. The fourth-order valence-electron chi connectivity index (χ4n) is 2.22. The van der Waals surface area contributed by atoms with Crippen LogP contribution >= 0.6 is 0 Å². The van der Waals surface area contributed by atoms with Crippen LogP contribution in [-0.4, -0.2) is 19.9 Å². The van der Waals surface area contributed by atoms with E-state index in [-0.39, 0.29) is 0 Å². The van der Waals surface area contributed by atoms with E-state index in [0.717, 1.165) is 21.8 Å². The third-order valence-electron chi connectivity index (χ3n) is 3.19. The molecule has 93 valence electrons. The number of nitrogens with zero attached hydrogens (tertiary/aromatic N) is 4. The molecule has 0 aliphatic carbocycles. The van der Waals surface area contributed by atoms with Crippen LogP contribution in [0.4, 0.5) is 0 Å². The van der Waals surface area contributed by atoms with Gasteiger partial charge in [-0.2, -0.15) is 0 Å². The molecule has 0 unspecified atom stereocenters. The summed E-state index contributed by atoms with van der Waals surface area (Å²) >= 11 is 0. The van der Waals surface area contributed by atoms with Gasteiger partial charge in [-0.15, -0.1) is 0 Å². The van der Waals surface area contributed by atoms with Gasteiger partial charge in [0.1, 0.15) is 5.69 Å². The van der Waals surface area contributed by atoms with Gasteiger partial charge in [0.2, 0.25) is 0 Å². The molecule has 0 saturated heterocycles. The molecule has 20 heavy (non-hydrogen) atoms. The van der Waals surface area contributed by atoms with Gasteiger partial charge in [-0.3, -0.25) is 0 Å². The second-order valence-electron chi connectivity index (χ2n) is 4.44. The summed E-state index contributed by atoms with van der Waals surface area (Å²) in [6.07, 6.45) is 4.48. The van der Waals surface area contributed by atoms with Gasteiger partial charge in [0.05, 0.1) is 11.0 Å². The number of benzene rings is 2. The van der Waals surface area contributed by atoms with Crippen LogP contribution in [0.3, 0.4) is 0 Å². The van der Waals surface area contributed by atoms with E-state index in [1.54, 1.807) is 0 Å². The monoisotopic (exact) mass is 257 g/mol. The van der Waals surface area contributed by atoms with Gasteiger partial charge in [0, 0.05) is 17.0 Å². The Morgan fingerprint density at radius 2 is 1.60 bits per heavy atom. The predicted molar refractivity (Wildman–Crippen MR) is 76.9 cm³/mol. The van der Waals surface area contributed by atoms with E-state index in [9.17, 15) is 0 Å². The molecule has 0 aliphatic rings. The summed E-state index contributed by atoms with van der Waals surface area (Å²) in [6, 6.07) is 15.7. The first-order chi connectivity index (χ1) is 9.92. The number of para-hydroxylation sites is 2. The maximum Gasteiger partial charge on any atom is 0.199 e. The molecule has 0 bridgehead atoms. The van der Waals surface area contributed by atoms with Crippen molar-refractivity contribution in [2.45, 2.75) is 0 Å². The highest BCUT2D eigenvalue weighted by molar-refractivity contribution is 5.91. The Morgan fingerprint density at radius 1 is 0.800 bits per heavy atom. The van der Waals surface area contributed by atoms with Crippen LogP contribution < -0.4 is 0 Å². The lowest BCUT2D eigenvalue weighted by Crippen LogP contribution is -1.95. The molecule has 2 aromatic heterocycles. The van der Waals surface area contributed by atoms with Gasteiger partial charge >= 0.3 is 0 Å². The zero-order chi connectivity index (χ0) is 13.4. The first kappa shape index (κ1) is 11.0. The third-order valence-corrected chi connectivity index (χ3v) is 3.19. The van der Waals surface area contributed by atoms with Crippen molar-refractivity contribution < 1.29 is 0 Å². The van der Waals surface area contributed by atoms with Crippen LogP contribution in [0.5, 0.6) is 0 Å². The fourth-order valence-corrected chi connectivity index (χ4v) is 2.22. The smallest absolute Gasteiger partial charge is 0.199 e. The van der Waals surface area contributed by atoms with Gasteiger partial charge in [-0.1, -0.05) is 36.4 Å². The van der Waals surface area contributed by atoms with Gasteiger partial charge in [0.15, 0.2) is 12.2 Å². The zero-order valence-electron chi connectivity index (χ0n) is 10.5. The van der Waals surface area contributed by atoms with Crippen molar-refractivity contribution in [2.24, 2.45) is 0 Å². The summed E-state index contributed by atoms with van der Waals surface area (Å²) in [5.41, 5.74) is 2.45. The van der Waals surface area contributed by atoms with Crippen molar-refractivity contribution in [1.29, 1.82) is 0 Å². The van der Waals surface area contributed by atoms with E-state index < -0.39 is 0 Å². The quantitative estimate of drug-likeness (QED) is 0.526. The van der Waals surface area contributed by atoms with Crippen molar-refractivity contribution in [3.8, 4) is 11.5 Å². The lowest BCUT2D eigenvalue weighted by molar-refractivity contribution is 1.14. The molecule has 0 fully saturated rings. The van der Waals surface area contributed by atoms with Crippen LogP contribution in [0.15, 0.2) is 54.7 Å². The molecule has 0 N–H and O–H groups in total. The number of fused-ring (bicyclic) bond motifs is 2. The van der Waals surface area contributed by atoms with E-state index >= 15 is 0 Å². The van der Waals surface area contributed by atoms with Gasteiger partial charge in [0.25, 0.3) is 0 Å². The molecule has 4 aromatic rings. The van der Waals surface area contributed by atoms with Crippen LogP contribution in [0.1, 0.15) is 0 Å². The molecule has 4 rings (SSSR count). The predicted octanol–water partition coefficient (Wildman–Crippen LogP) is 3.04. The highest BCUT2D eigenvalue weighted by atomic mass is 14.9. The molecule has 0 spiro atoms. The minimum Gasteiger partial charge on any atom is -0.235 e. The molecule has 0 aliphatic heterocycles. The van der Waals surface area contributed by atoms with Crippen molar-refractivity contribution >= 4 is 21.8 Å². The molecule has 2 aromatic carbocycles. The molecule has 0 atom stereocenters. The molecule has 4 heteroatoms. The van der Waals surface area contributed by atoms with Gasteiger partial charge < -0.3 is 0 Å². The summed E-state index contributed by atoms with van der Waals surface area (Å²) in [4.78, 5) is 17.3. The standard InChI is InChI=1S/C16H9N4/c1-3-7-13-11(5-1)9-17-16(20-13)15-12-6-2-4-8-14(12)18-10-19-15/h1-9H. The Bertz CT molecular complexity index is 913. The lowest BCUT2D eigenvalue weighted by Gasteiger charge is -2.04. The summed E-state index contributed by atoms with van der Waals surface area (Å²) in [6.45, 7) is 0. The summed E-state index contributed by atoms with van der Waals surface area (Å²) in [5.74, 6) is 0.596. The summed E-state index contributed by atoms with van der Waals surface area (Å²) < 4.78 is 0. The average Bonchev–Trinajstić information content (AvgIpc) is 2.54. The van der Waals surface area contributed by atoms with Crippen LogP contribution in [0.2, 0.25) is 0 Å². The zero-order valence-corrected chi connectivity index (χ0v) is 10.5. The molecule has 0 amide bonds. The van der Waals surface area contributed by atoms with Crippen molar-refractivity contribution in [3.63, 3.8) is 0 Å². The first-order valence-corrected chi connectivity index (χ1v) is 6.27. The maximum absolute atomic E-state index is 4.57. The number of hydrogen-bond acceptors (Lipinski definition) is 4. The Hall–Kier alpha value is -2.88. The second-order valence-corrected chi connectivity index (χ2v) is 4.44. The minimum atomic E-state index is 0.596. The van der Waals surface area contributed by atoms with Crippen molar-refractivity contribution in [3.05, 3.63) is 61.1 Å². The minimum absolute atomic E-state index is 0.596. The largest absolute Gasteiger partial charge is 0.235 e.